The molecule has 2 aromatic rings. The summed E-state index contributed by atoms with van der Waals surface area (Å²) in [5, 5.41) is 4.50. The van der Waals surface area contributed by atoms with Crippen molar-refractivity contribution in [1.82, 2.24) is 0 Å². The number of para-hydroxylation sites is 2. The Hall–Kier alpha value is -3.03. The van der Waals surface area contributed by atoms with E-state index in [0.717, 1.165) is 18.2 Å². The smallest absolute Gasteiger partial charge is 0.416 e. The lowest BCUT2D eigenvalue weighted by Gasteiger charge is -2.12. The summed E-state index contributed by atoms with van der Waals surface area (Å²) < 4.78 is 43.3. The van der Waals surface area contributed by atoms with E-state index in [1.807, 2.05) is 0 Å². The zero-order valence-corrected chi connectivity index (χ0v) is 13.2. The lowest BCUT2D eigenvalue weighted by Crippen LogP contribution is -2.29. The van der Waals surface area contributed by atoms with Crippen molar-refractivity contribution in [3.8, 4) is 5.75 Å². The van der Waals surface area contributed by atoms with E-state index in [4.69, 9.17) is 4.74 Å². The first kappa shape index (κ1) is 18.3. The summed E-state index contributed by atoms with van der Waals surface area (Å²) in [4.78, 5) is 23.9. The lowest BCUT2D eigenvalue weighted by atomic mass is 10.2. The normalized spacial score (nSPS) is 10.9. The third-order valence-electron chi connectivity index (χ3n) is 3.09. The van der Waals surface area contributed by atoms with Crippen molar-refractivity contribution < 1.29 is 27.5 Å². The molecule has 132 valence electrons. The highest BCUT2D eigenvalue weighted by atomic mass is 19.4. The number of hydrogen-bond acceptors (Lipinski definition) is 3. The van der Waals surface area contributed by atoms with Gasteiger partial charge < -0.3 is 15.4 Å². The van der Waals surface area contributed by atoms with Crippen LogP contribution in [0.3, 0.4) is 0 Å². The van der Waals surface area contributed by atoms with Crippen LogP contribution >= 0.6 is 0 Å². The van der Waals surface area contributed by atoms with E-state index in [9.17, 15) is 22.8 Å². The summed E-state index contributed by atoms with van der Waals surface area (Å²) in [6.45, 7) is 2.13. The summed E-state index contributed by atoms with van der Waals surface area (Å²) in [6, 6.07) is 10.5. The van der Waals surface area contributed by atoms with Crippen LogP contribution in [0.4, 0.5) is 24.5 Å². The van der Waals surface area contributed by atoms with Gasteiger partial charge in [-0.1, -0.05) is 18.2 Å². The summed E-state index contributed by atoms with van der Waals surface area (Å²) in [7, 11) is 0. The summed E-state index contributed by atoms with van der Waals surface area (Å²) in [6.07, 6.45) is -4.54. The van der Waals surface area contributed by atoms with Gasteiger partial charge in [0.05, 0.1) is 17.9 Å². The molecule has 0 atom stereocenters. The monoisotopic (exact) mass is 352 g/mol. The second-order valence-corrected chi connectivity index (χ2v) is 4.92. The first-order valence-corrected chi connectivity index (χ1v) is 7.32. The van der Waals surface area contributed by atoms with Gasteiger partial charge in [0.15, 0.2) is 0 Å². The highest BCUT2D eigenvalue weighted by molar-refractivity contribution is 6.43. The highest BCUT2D eigenvalue weighted by Crippen LogP contribution is 2.30. The molecule has 0 saturated heterocycles. The fraction of sp³-hybridized carbons (Fsp3) is 0.176. The number of rotatable bonds is 4. The zero-order chi connectivity index (χ0) is 18.4. The van der Waals surface area contributed by atoms with Gasteiger partial charge in [-0.15, -0.1) is 0 Å². The number of alkyl halides is 3. The number of nitrogens with one attached hydrogen (secondary N) is 2. The molecule has 2 aromatic carbocycles. The van der Waals surface area contributed by atoms with Gasteiger partial charge in [0, 0.05) is 5.69 Å². The molecular formula is C17H15F3N2O3. The number of ether oxygens (including phenoxy) is 1. The SMILES string of the molecule is CCOc1ccccc1NC(=O)C(=O)Nc1cccc(C(F)(F)F)c1. The summed E-state index contributed by atoms with van der Waals surface area (Å²) in [5.74, 6) is -1.74. The molecule has 0 aliphatic rings. The molecule has 0 aliphatic carbocycles. The second-order valence-electron chi connectivity index (χ2n) is 4.92. The van der Waals surface area contributed by atoms with Crippen LogP contribution in [0, 0.1) is 0 Å². The van der Waals surface area contributed by atoms with E-state index in [0.29, 0.717) is 12.4 Å². The Morgan fingerprint density at radius 1 is 1.00 bits per heavy atom. The van der Waals surface area contributed by atoms with E-state index >= 15 is 0 Å². The third-order valence-corrected chi connectivity index (χ3v) is 3.09. The first-order chi connectivity index (χ1) is 11.8. The van der Waals surface area contributed by atoms with Crippen LogP contribution < -0.4 is 15.4 Å². The van der Waals surface area contributed by atoms with Gasteiger partial charge in [-0.25, -0.2) is 0 Å². The molecule has 5 nitrogen and oxygen atoms in total. The van der Waals surface area contributed by atoms with Gasteiger partial charge >= 0.3 is 18.0 Å². The van der Waals surface area contributed by atoms with Crippen molar-refractivity contribution in [2.45, 2.75) is 13.1 Å². The molecule has 0 fully saturated rings. The molecule has 0 saturated carbocycles. The molecule has 0 heterocycles. The van der Waals surface area contributed by atoms with Crippen LogP contribution in [0.25, 0.3) is 0 Å². The standard InChI is InChI=1S/C17H15F3N2O3/c1-2-25-14-9-4-3-8-13(14)22-16(24)15(23)21-12-7-5-6-11(10-12)17(18,19)20/h3-10H,2H2,1H3,(H,21,23)(H,22,24). The number of benzene rings is 2. The predicted molar refractivity (Wildman–Crippen MR) is 86.3 cm³/mol. The lowest BCUT2D eigenvalue weighted by molar-refractivity contribution is -0.137. The van der Waals surface area contributed by atoms with Crippen LogP contribution in [-0.4, -0.2) is 18.4 Å². The quantitative estimate of drug-likeness (QED) is 0.825. The van der Waals surface area contributed by atoms with E-state index in [-0.39, 0.29) is 11.4 Å². The van der Waals surface area contributed by atoms with E-state index in [1.54, 1.807) is 31.2 Å². The summed E-state index contributed by atoms with van der Waals surface area (Å²) >= 11 is 0. The van der Waals surface area contributed by atoms with Crippen molar-refractivity contribution in [1.29, 1.82) is 0 Å². The molecule has 2 amide bonds. The molecule has 0 bridgehead atoms. The fourth-order valence-electron chi connectivity index (χ4n) is 1.99. The van der Waals surface area contributed by atoms with Crippen molar-refractivity contribution in [3.63, 3.8) is 0 Å². The van der Waals surface area contributed by atoms with Crippen LogP contribution in [0.2, 0.25) is 0 Å². The number of hydrogen-bond donors (Lipinski definition) is 2. The Bertz CT molecular complexity index is 776. The van der Waals surface area contributed by atoms with Crippen LogP contribution in [0.15, 0.2) is 48.5 Å². The third kappa shape index (κ3) is 4.97. The first-order valence-electron chi connectivity index (χ1n) is 7.32. The molecular weight excluding hydrogens is 337 g/mol. The number of amides is 2. The van der Waals surface area contributed by atoms with E-state index < -0.39 is 23.6 Å². The van der Waals surface area contributed by atoms with Crippen LogP contribution in [0.1, 0.15) is 12.5 Å². The zero-order valence-electron chi connectivity index (χ0n) is 13.2. The number of halogens is 3. The summed E-state index contributed by atoms with van der Waals surface area (Å²) in [5.41, 5.74) is -0.769. The number of carbonyl (C=O) groups excluding carboxylic acids is 2. The van der Waals surface area contributed by atoms with Gasteiger partial charge in [0.2, 0.25) is 0 Å². The van der Waals surface area contributed by atoms with E-state index in [1.165, 1.54) is 6.07 Å². The molecule has 25 heavy (non-hydrogen) atoms. The molecule has 0 unspecified atom stereocenters. The maximum Gasteiger partial charge on any atom is 0.416 e. The average molecular weight is 352 g/mol. The Morgan fingerprint density at radius 3 is 2.36 bits per heavy atom. The molecule has 0 aliphatic heterocycles. The molecule has 2 rings (SSSR count). The van der Waals surface area contributed by atoms with Gasteiger partial charge in [0.1, 0.15) is 5.75 Å². The Kier molecular flexibility index (Phi) is 5.63. The fourth-order valence-corrected chi connectivity index (χ4v) is 1.99. The molecule has 0 radical (unpaired) electrons. The Balaban J connectivity index is 2.08. The predicted octanol–water partition coefficient (Wildman–Crippen LogP) is 3.68. The van der Waals surface area contributed by atoms with E-state index in [2.05, 4.69) is 10.6 Å². The average Bonchev–Trinajstić information content (AvgIpc) is 2.56. The Morgan fingerprint density at radius 2 is 1.68 bits per heavy atom. The topological polar surface area (TPSA) is 67.4 Å². The van der Waals surface area contributed by atoms with Gasteiger partial charge in [-0.3, -0.25) is 9.59 Å². The van der Waals surface area contributed by atoms with Crippen LogP contribution in [0.5, 0.6) is 5.75 Å². The van der Waals surface area contributed by atoms with Crippen LogP contribution in [-0.2, 0) is 15.8 Å². The Labute approximate surface area is 141 Å². The van der Waals surface area contributed by atoms with Crippen molar-refractivity contribution in [3.05, 3.63) is 54.1 Å². The number of carbonyl (C=O) groups is 2. The maximum absolute atomic E-state index is 12.7. The molecule has 8 heteroatoms. The van der Waals surface area contributed by atoms with Gasteiger partial charge in [-0.05, 0) is 37.3 Å². The minimum absolute atomic E-state index is 0.131. The molecule has 0 spiro atoms. The maximum atomic E-state index is 12.7. The van der Waals surface area contributed by atoms with Gasteiger partial charge in [-0.2, -0.15) is 13.2 Å². The van der Waals surface area contributed by atoms with Crippen molar-refractivity contribution >= 4 is 23.2 Å². The number of anilines is 2. The van der Waals surface area contributed by atoms with Crippen molar-refractivity contribution in [2.24, 2.45) is 0 Å². The second kappa shape index (κ2) is 7.69. The van der Waals surface area contributed by atoms with Crippen molar-refractivity contribution in [2.75, 3.05) is 17.2 Å². The molecule has 0 aromatic heterocycles. The largest absolute Gasteiger partial charge is 0.492 e. The minimum atomic E-state index is -4.54. The van der Waals surface area contributed by atoms with Gasteiger partial charge in [0.25, 0.3) is 0 Å². The minimum Gasteiger partial charge on any atom is -0.492 e. The highest BCUT2D eigenvalue weighted by Gasteiger charge is 2.30. The molecule has 2 N–H and O–H groups in total.